The number of hydrogen-bond donors (Lipinski definition) is 3. The van der Waals surface area contributed by atoms with Crippen LogP contribution < -0.4 is 10.6 Å². The quantitative estimate of drug-likeness (QED) is 0.541. The number of hydrogen-bond acceptors (Lipinski definition) is 3. The van der Waals surface area contributed by atoms with Crippen LogP contribution in [0.2, 0.25) is 0 Å². The molecule has 0 aliphatic rings. The molecule has 6 heteroatoms. The van der Waals surface area contributed by atoms with Crippen LogP contribution in [0.25, 0.3) is 0 Å². The second-order valence-corrected chi connectivity index (χ2v) is 4.53. The van der Waals surface area contributed by atoms with Crippen molar-refractivity contribution in [1.29, 1.82) is 0 Å². The van der Waals surface area contributed by atoms with Gasteiger partial charge in [0.05, 0.1) is 5.92 Å². The van der Waals surface area contributed by atoms with Crippen LogP contribution in [0.5, 0.6) is 0 Å². The van der Waals surface area contributed by atoms with Gasteiger partial charge in [-0.2, -0.15) is 0 Å². The predicted molar refractivity (Wildman–Crippen MR) is 68.5 cm³/mol. The Balaban J connectivity index is 3.71. The molecule has 106 valence electrons. The fourth-order valence-corrected chi connectivity index (χ4v) is 1.45. The maximum Gasteiger partial charge on any atom is 0.314 e. The molecule has 0 radical (unpaired) electrons. The largest absolute Gasteiger partial charge is 0.481 e. The summed E-state index contributed by atoms with van der Waals surface area (Å²) in [6.45, 7) is 5.04. The highest BCUT2D eigenvalue weighted by Gasteiger charge is 2.21. The summed E-state index contributed by atoms with van der Waals surface area (Å²) in [7, 11) is 1.64. The molecule has 6 nitrogen and oxygen atoms in total. The van der Waals surface area contributed by atoms with Gasteiger partial charge in [0, 0.05) is 26.8 Å². The normalized spacial score (nSPS) is 12.2. The molecule has 0 rings (SSSR count). The van der Waals surface area contributed by atoms with E-state index in [4.69, 9.17) is 9.84 Å². The van der Waals surface area contributed by atoms with Gasteiger partial charge in [0.25, 0.3) is 0 Å². The lowest BCUT2D eigenvalue weighted by atomic mass is 9.96. The van der Waals surface area contributed by atoms with Crippen LogP contribution >= 0.6 is 0 Å². The number of carboxylic acids is 1. The highest BCUT2D eigenvalue weighted by molar-refractivity contribution is 5.75. The van der Waals surface area contributed by atoms with Gasteiger partial charge in [0.1, 0.15) is 0 Å². The standard InChI is InChI=1S/C12H24N2O4/c1-9(2)10(11(15)16)8-14-12(17)13-6-4-5-7-18-3/h9-10H,4-8H2,1-3H3,(H,15,16)(H2,13,14,17). The predicted octanol–water partition coefficient (Wildman–Crippen LogP) is 1.07. The van der Waals surface area contributed by atoms with E-state index in [0.29, 0.717) is 13.2 Å². The molecule has 2 amide bonds. The van der Waals surface area contributed by atoms with Gasteiger partial charge in [-0.3, -0.25) is 4.79 Å². The fraction of sp³-hybridized carbons (Fsp3) is 0.833. The molecule has 0 bridgehead atoms. The summed E-state index contributed by atoms with van der Waals surface area (Å²) in [5.41, 5.74) is 0. The van der Waals surface area contributed by atoms with E-state index in [-0.39, 0.29) is 18.5 Å². The van der Waals surface area contributed by atoms with Gasteiger partial charge >= 0.3 is 12.0 Å². The average molecular weight is 260 g/mol. The van der Waals surface area contributed by atoms with Gasteiger partial charge in [0.15, 0.2) is 0 Å². The number of rotatable bonds is 9. The molecular weight excluding hydrogens is 236 g/mol. The number of nitrogens with one attached hydrogen (secondary N) is 2. The lowest BCUT2D eigenvalue weighted by Crippen LogP contribution is -2.41. The molecule has 3 N–H and O–H groups in total. The summed E-state index contributed by atoms with van der Waals surface area (Å²) in [5.74, 6) is -1.45. The number of amides is 2. The summed E-state index contributed by atoms with van der Waals surface area (Å²) in [6, 6.07) is -0.320. The zero-order valence-corrected chi connectivity index (χ0v) is 11.4. The summed E-state index contributed by atoms with van der Waals surface area (Å²) in [4.78, 5) is 22.3. The molecular formula is C12H24N2O4. The maximum atomic E-state index is 11.4. The molecule has 18 heavy (non-hydrogen) atoms. The first-order chi connectivity index (χ1) is 8.49. The highest BCUT2D eigenvalue weighted by Crippen LogP contribution is 2.09. The van der Waals surface area contributed by atoms with Crippen LogP contribution in [-0.4, -0.2) is 43.9 Å². The van der Waals surface area contributed by atoms with E-state index in [2.05, 4.69) is 10.6 Å². The molecule has 0 heterocycles. The Hall–Kier alpha value is -1.30. The Morgan fingerprint density at radius 2 is 1.89 bits per heavy atom. The van der Waals surface area contributed by atoms with E-state index < -0.39 is 11.9 Å². The summed E-state index contributed by atoms with van der Waals surface area (Å²) < 4.78 is 4.89. The Morgan fingerprint density at radius 1 is 1.22 bits per heavy atom. The van der Waals surface area contributed by atoms with Crippen LogP contribution in [0.4, 0.5) is 4.79 Å². The molecule has 0 aliphatic carbocycles. The lowest BCUT2D eigenvalue weighted by Gasteiger charge is -2.16. The SMILES string of the molecule is COCCCCNC(=O)NCC(C(=O)O)C(C)C. The molecule has 0 spiro atoms. The van der Waals surface area contributed by atoms with Crippen molar-refractivity contribution in [2.45, 2.75) is 26.7 Å². The van der Waals surface area contributed by atoms with E-state index in [1.807, 2.05) is 13.8 Å². The van der Waals surface area contributed by atoms with Crippen molar-refractivity contribution in [1.82, 2.24) is 10.6 Å². The zero-order chi connectivity index (χ0) is 14.0. The minimum atomic E-state index is -0.884. The summed E-state index contributed by atoms with van der Waals surface area (Å²) >= 11 is 0. The van der Waals surface area contributed by atoms with Crippen molar-refractivity contribution < 1.29 is 19.4 Å². The van der Waals surface area contributed by atoms with Crippen LogP contribution in [0, 0.1) is 11.8 Å². The first kappa shape index (κ1) is 16.7. The van der Waals surface area contributed by atoms with Gasteiger partial charge in [-0.1, -0.05) is 13.8 Å². The van der Waals surface area contributed by atoms with Gasteiger partial charge in [-0.05, 0) is 18.8 Å². The van der Waals surface area contributed by atoms with Crippen molar-refractivity contribution in [3.8, 4) is 0 Å². The first-order valence-corrected chi connectivity index (χ1v) is 6.22. The number of aliphatic carboxylic acids is 1. The number of ether oxygens (including phenoxy) is 1. The second kappa shape index (κ2) is 9.70. The third kappa shape index (κ3) is 7.89. The maximum absolute atomic E-state index is 11.4. The van der Waals surface area contributed by atoms with Gasteiger partial charge < -0.3 is 20.5 Å². The second-order valence-electron chi connectivity index (χ2n) is 4.53. The van der Waals surface area contributed by atoms with E-state index in [0.717, 1.165) is 12.8 Å². The topological polar surface area (TPSA) is 87.7 Å². The minimum Gasteiger partial charge on any atom is -0.481 e. The molecule has 0 saturated heterocycles. The molecule has 0 aromatic carbocycles. The monoisotopic (exact) mass is 260 g/mol. The van der Waals surface area contributed by atoms with Crippen LogP contribution in [0.1, 0.15) is 26.7 Å². The van der Waals surface area contributed by atoms with Crippen molar-refractivity contribution in [3.05, 3.63) is 0 Å². The van der Waals surface area contributed by atoms with Crippen LogP contribution in [0.15, 0.2) is 0 Å². The smallest absolute Gasteiger partial charge is 0.314 e. The Kier molecular flexibility index (Phi) is 9.00. The summed E-state index contributed by atoms with van der Waals surface area (Å²) in [6.07, 6.45) is 1.73. The Labute approximate surface area is 108 Å². The fourth-order valence-electron chi connectivity index (χ4n) is 1.45. The zero-order valence-electron chi connectivity index (χ0n) is 11.4. The van der Waals surface area contributed by atoms with Gasteiger partial charge in [0.2, 0.25) is 0 Å². The number of carbonyl (C=O) groups excluding carboxylic acids is 1. The third-order valence-corrected chi connectivity index (χ3v) is 2.67. The van der Waals surface area contributed by atoms with E-state index in [1.165, 1.54) is 0 Å². The van der Waals surface area contributed by atoms with E-state index >= 15 is 0 Å². The molecule has 1 atom stereocenters. The molecule has 0 saturated carbocycles. The average Bonchev–Trinajstić information content (AvgIpc) is 2.28. The van der Waals surface area contributed by atoms with Gasteiger partial charge in [-0.25, -0.2) is 4.79 Å². The molecule has 0 aromatic heterocycles. The number of carboxylic acid groups (broad SMARTS) is 1. The number of methoxy groups -OCH3 is 1. The number of unbranched alkanes of at least 4 members (excludes halogenated alkanes) is 1. The summed E-state index contributed by atoms with van der Waals surface area (Å²) in [5, 5.41) is 14.2. The number of urea groups is 1. The van der Waals surface area contributed by atoms with Gasteiger partial charge in [-0.15, -0.1) is 0 Å². The van der Waals surface area contributed by atoms with Crippen LogP contribution in [-0.2, 0) is 9.53 Å². The Bertz CT molecular complexity index is 256. The highest BCUT2D eigenvalue weighted by atomic mass is 16.5. The van der Waals surface area contributed by atoms with Crippen molar-refractivity contribution in [2.24, 2.45) is 11.8 Å². The Morgan fingerprint density at radius 3 is 2.39 bits per heavy atom. The van der Waals surface area contributed by atoms with E-state index in [9.17, 15) is 9.59 Å². The van der Waals surface area contributed by atoms with Crippen molar-refractivity contribution in [2.75, 3.05) is 26.8 Å². The molecule has 0 aromatic rings. The lowest BCUT2D eigenvalue weighted by molar-refractivity contribution is -0.142. The van der Waals surface area contributed by atoms with Crippen LogP contribution in [0.3, 0.4) is 0 Å². The number of carbonyl (C=O) groups is 2. The molecule has 0 aliphatic heterocycles. The van der Waals surface area contributed by atoms with Crippen molar-refractivity contribution in [3.63, 3.8) is 0 Å². The minimum absolute atomic E-state index is 0.00972. The molecule has 0 fully saturated rings. The van der Waals surface area contributed by atoms with Crippen molar-refractivity contribution >= 4 is 12.0 Å². The molecule has 1 unspecified atom stereocenters. The van der Waals surface area contributed by atoms with E-state index in [1.54, 1.807) is 7.11 Å². The third-order valence-electron chi connectivity index (χ3n) is 2.67. The first-order valence-electron chi connectivity index (χ1n) is 6.22.